The van der Waals surface area contributed by atoms with E-state index in [0.29, 0.717) is 47.8 Å². The van der Waals surface area contributed by atoms with E-state index in [1.54, 1.807) is 0 Å². The van der Waals surface area contributed by atoms with Crippen LogP contribution >= 0.6 is 0 Å². The van der Waals surface area contributed by atoms with E-state index in [9.17, 15) is 9.59 Å². The number of ketones is 1. The highest BCUT2D eigenvalue weighted by molar-refractivity contribution is 5.87. The molecule has 0 aromatic rings. The standard InChI is InChI=1S/C21H33NO2/c1-5-13-12-17(23)21(3)10-8-15-14(19(13)21)6-7-16-20(15,2)11-9-18(24)22(16)4/h13-16,19H,5-12H2,1-4H3/t13?,14-,15+,16-,19+,20-,21-/m1/s1. The highest BCUT2D eigenvalue weighted by Gasteiger charge is 2.63. The molecule has 7 atom stereocenters. The minimum absolute atomic E-state index is 0.0541. The first-order chi connectivity index (χ1) is 11.3. The first-order valence-corrected chi connectivity index (χ1v) is 10.1. The predicted molar refractivity (Wildman–Crippen MR) is 94.3 cm³/mol. The molecule has 4 rings (SSSR count). The van der Waals surface area contributed by atoms with Crippen molar-refractivity contribution >= 4 is 11.7 Å². The van der Waals surface area contributed by atoms with Crippen LogP contribution in [-0.2, 0) is 9.59 Å². The lowest BCUT2D eigenvalue weighted by molar-refractivity contribution is -0.160. The Balaban J connectivity index is 1.69. The van der Waals surface area contributed by atoms with E-state index < -0.39 is 0 Å². The molecule has 1 heterocycles. The Labute approximate surface area is 146 Å². The second kappa shape index (κ2) is 5.32. The first kappa shape index (κ1) is 16.6. The number of carbonyl (C=O) groups is 2. The normalized spacial score (nSPS) is 51.2. The van der Waals surface area contributed by atoms with Gasteiger partial charge in [-0.05, 0) is 61.2 Å². The molecule has 0 spiro atoms. The van der Waals surface area contributed by atoms with Gasteiger partial charge in [0, 0.05) is 31.3 Å². The molecule has 3 saturated carbocycles. The molecule has 3 aliphatic carbocycles. The van der Waals surface area contributed by atoms with E-state index in [-0.39, 0.29) is 10.8 Å². The molecule has 1 aliphatic heterocycles. The molecule has 0 N–H and O–H groups in total. The summed E-state index contributed by atoms with van der Waals surface area (Å²) in [6.45, 7) is 7.00. The summed E-state index contributed by atoms with van der Waals surface area (Å²) in [4.78, 5) is 27.0. The molecule has 0 bridgehead atoms. The lowest BCUT2D eigenvalue weighted by Crippen LogP contribution is -2.61. The monoisotopic (exact) mass is 331 g/mol. The van der Waals surface area contributed by atoms with E-state index in [4.69, 9.17) is 0 Å². The first-order valence-electron chi connectivity index (χ1n) is 10.1. The fourth-order valence-electron chi connectivity index (χ4n) is 7.59. The average Bonchev–Trinajstić information content (AvgIpc) is 2.82. The minimum atomic E-state index is -0.0541. The molecule has 24 heavy (non-hydrogen) atoms. The van der Waals surface area contributed by atoms with E-state index in [0.717, 1.165) is 32.1 Å². The van der Waals surface area contributed by atoms with Crippen molar-refractivity contribution in [2.24, 2.45) is 34.5 Å². The van der Waals surface area contributed by atoms with Gasteiger partial charge in [-0.15, -0.1) is 0 Å². The lowest BCUT2D eigenvalue weighted by Gasteiger charge is -2.61. The molecular formula is C21H33NO2. The number of rotatable bonds is 1. The van der Waals surface area contributed by atoms with Crippen LogP contribution < -0.4 is 0 Å². The maximum absolute atomic E-state index is 12.8. The largest absolute Gasteiger partial charge is 0.342 e. The molecule has 1 saturated heterocycles. The maximum Gasteiger partial charge on any atom is 0.222 e. The number of hydrogen-bond acceptors (Lipinski definition) is 2. The Kier molecular flexibility index (Phi) is 3.68. The Morgan fingerprint density at radius 2 is 1.88 bits per heavy atom. The van der Waals surface area contributed by atoms with Gasteiger partial charge in [-0.3, -0.25) is 9.59 Å². The fraction of sp³-hybridized carbons (Fsp3) is 0.905. The van der Waals surface area contributed by atoms with Crippen LogP contribution in [0.4, 0.5) is 0 Å². The molecule has 0 aromatic heterocycles. The Bertz CT molecular complexity index is 572. The Morgan fingerprint density at radius 3 is 2.58 bits per heavy atom. The SMILES string of the molecule is CCC1CC(=O)[C@@]2(C)CC[C@H]3[C@@H](CC[C@H]4N(C)C(=O)CC[C@]34C)[C@H]12. The van der Waals surface area contributed by atoms with Crippen molar-refractivity contribution in [2.75, 3.05) is 7.05 Å². The Morgan fingerprint density at radius 1 is 1.12 bits per heavy atom. The Hall–Kier alpha value is -0.860. The lowest BCUT2D eigenvalue weighted by atomic mass is 9.46. The molecule has 4 aliphatic rings. The average molecular weight is 332 g/mol. The number of carbonyl (C=O) groups excluding carboxylic acids is 2. The van der Waals surface area contributed by atoms with Gasteiger partial charge in [-0.2, -0.15) is 0 Å². The van der Waals surface area contributed by atoms with Crippen LogP contribution in [-0.4, -0.2) is 29.7 Å². The second-order valence-electron chi connectivity index (χ2n) is 9.65. The zero-order valence-corrected chi connectivity index (χ0v) is 15.8. The van der Waals surface area contributed by atoms with Gasteiger partial charge in [0.1, 0.15) is 5.78 Å². The number of amides is 1. The number of fused-ring (bicyclic) bond motifs is 5. The van der Waals surface area contributed by atoms with Gasteiger partial charge in [0.25, 0.3) is 0 Å². The summed E-state index contributed by atoms with van der Waals surface area (Å²) in [7, 11) is 2.02. The molecule has 1 unspecified atom stereocenters. The van der Waals surface area contributed by atoms with Gasteiger partial charge in [0.2, 0.25) is 5.91 Å². The van der Waals surface area contributed by atoms with Crippen LogP contribution in [0, 0.1) is 34.5 Å². The number of piperidine rings is 1. The third kappa shape index (κ3) is 1.96. The van der Waals surface area contributed by atoms with E-state index in [1.165, 1.54) is 12.8 Å². The van der Waals surface area contributed by atoms with Gasteiger partial charge in [-0.25, -0.2) is 0 Å². The fourth-order valence-corrected chi connectivity index (χ4v) is 7.59. The molecule has 0 aromatic carbocycles. The molecule has 4 fully saturated rings. The van der Waals surface area contributed by atoms with Crippen LogP contribution in [0.25, 0.3) is 0 Å². The third-order valence-electron chi connectivity index (χ3n) is 8.93. The van der Waals surface area contributed by atoms with Crippen molar-refractivity contribution in [3.8, 4) is 0 Å². The third-order valence-corrected chi connectivity index (χ3v) is 8.93. The highest BCUT2D eigenvalue weighted by Crippen LogP contribution is 2.65. The number of hydrogen-bond donors (Lipinski definition) is 0. The van der Waals surface area contributed by atoms with Gasteiger partial charge in [-0.1, -0.05) is 27.2 Å². The summed E-state index contributed by atoms with van der Waals surface area (Å²) in [5.41, 5.74) is 0.207. The van der Waals surface area contributed by atoms with Crippen molar-refractivity contribution in [3.05, 3.63) is 0 Å². The summed E-state index contributed by atoms with van der Waals surface area (Å²) in [5, 5.41) is 0. The summed E-state index contributed by atoms with van der Waals surface area (Å²) in [6.07, 6.45) is 8.35. The predicted octanol–water partition coefficient (Wildman–Crippen LogP) is 4.06. The highest BCUT2D eigenvalue weighted by atomic mass is 16.2. The number of likely N-dealkylation sites (tertiary alicyclic amines) is 1. The topological polar surface area (TPSA) is 37.4 Å². The van der Waals surface area contributed by atoms with Crippen LogP contribution in [0.2, 0.25) is 0 Å². The molecular weight excluding hydrogens is 298 g/mol. The zero-order valence-electron chi connectivity index (χ0n) is 15.8. The van der Waals surface area contributed by atoms with Crippen LogP contribution in [0.5, 0.6) is 0 Å². The zero-order chi connectivity index (χ0) is 17.3. The molecule has 3 heteroatoms. The number of nitrogens with zero attached hydrogens (tertiary/aromatic N) is 1. The van der Waals surface area contributed by atoms with Crippen molar-refractivity contribution in [1.82, 2.24) is 4.90 Å². The van der Waals surface area contributed by atoms with Crippen molar-refractivity contribution in [3.63, 3.8) is 0 Å². The van der Waals surface area contributed by atoms with Crippen molar-refractivity contribution in [2.45, 2.75) is 78.2 Å². The van der Waals surface area contributed by atoms with E-state index >= 15 is 0 Å². The van der Waals surface area contributed by atoms with Gasteiger partial charge >= 0.3 is 0 Å². The quantitative estimate of drug-likeness (QED) is 0.727. The molecule has 0 radical (unpaired) electrons. The molecule has 134 valence electrons. The van der Waals surface area contributed by atoms with Crippen LogP contribution in [0.15, 0.2) is 0 Å². The van der Waals surface area contributed by atoms with Crippen LogP contribution in [0.1, 0.15) is 72.1 Å². The number of Topliss-reactive ketones (excluding diaryl/α,β-unsaturated/α-hetero) is 1. The smallest absolute Gasteiger partial charge is 0.222 e. The summed E-state index contributed by atoms with van der Waals surface area (Å²) in [6, 6.07) is 0.418. The van der Waals surface area contributed by atoms with E-state index in [1.807, 2.05) is 7.05 Å². The minimum Gasteiger partial charge on any atom is -0.342 e. The van der Waals surface area contributed by atoms with Crippen molar-refractivity contribution in [1.29, 1.82) is 0 Å². The maximum atomic E-state index is 12.8. The van der Waals surface area contributed by atoms with Crippen LogP contribution in [0.3, 0.4) is 0 Å². The second-order valence-corrected chi connectivity index (χ2v) is 9.65. The summed E-state index contributed by atoms with van der Waals surface area (Å²) >= 11 is 0. The van der Waals surface area contributed by atoms with Gasteiger partial charge < -0.3 is 4.90 Å². The van der Waals surface area contributed by atoms with Gasteiger partial charge in [0.15, 0.2) is 0 Å². The summed E-state index contributed by atoms with van der Waals surface area (Å²) < 4.78 is 0. The van der Waals surface area contributed by atoms with E-state index in [2.05, 4.69) is 25.7 Å². The molecule has 1 amide bonds. The van der Waals surface area contributed by atoms with Gasteiger partial charge in [0.05, 0.1) is 0 Å². The summed E-state index contributed by atoms with van der Waals surface area (Å²) in [5.74, 6) is 3.46. The van der Waals surface area contributed by atoms with Crippen molar-refractivity contribution < 1.29 is 9.59 Å². The molecule has 3 nitrogen and oxygen atoms in total.